The lowest BCUT2D eigenvalue weighted by Crippen LogP contribution is -2.60. The molecule has 8 atom stereocenters. The number of phenols is 2. The molecule has 13 nitrogen and oxygen atoms in total. The number of aromatic hydroxyl groups is 2. The summed E-state index contributed by atoms with van der Waals surface area (Å²) in [6.07, 6.45) is -7.44. The second kappa shape index (κ2) is 11.7. The van der Waals surface area contributed by atoms with Crippen molar-refractivity contribution >= 4 is 11.9 Å². The van der Waals surface area contributed by atoms with Crippen LogP contribution >= 0.6 is 0 Å². The van der Waals surface area contributed by atoms with Gasteiger partial charge in [0, 0.05) is 11.5 Å². The Hall–Kier alpha value is -3.20. The Morgan fingerprint density at radius 2 is 1.82 bits per heavy atom. The highest BCUT2D eigenvalue weighted by Gasteiger charge is 2.47. The molecular formula is C25H30O13. The summed E-state index contributed by atoms with van der Waals surface area (Å²) in [5.41, 5.74) is 0.694. The number of fused-ring (bicyclic) bond motifs is 4. The Morgan fingerprint density at radius 3 is 2.50 bits per heavy atom. The number of methoxy groups -OCH3 is 1. The van der Waals surface area contributed by atoms with Gasteiger partial charge in [0.15, 0.2) is 17.8 Å². The summed E-state index contributed by atoms with van der Waals surface area (Å²) < 4.78 is 33.2. The molecule has 2 fully saturated rings. The molecule has 0 saturated carbocycles. The number of hydrogen-bond donors (Lipinski definition) is 5. The summed E-state index contributed by atoms with van der Waals surface area (Å²) >= 11 is 0. The van der Waals surface area contributed by atoms with Crippen molar-refractivity contribution in [2.45, 2.75) is 56.4 Å². The third-order valence-corrected chi connectivity index (χ3v) is 6.65. The number of rotatable bonds is 2. The number of benzene rings is 1. The van der Waals surface area contributed by atoms with Crippen molar-refractivity contribution < 1.29 is 63.5 Å². The van der Waals surface area contributed by atoms with Crippen molar-refractivity contribution in [2.24, 2.45) is 5.92 Å². The fourth-order valence-electron chi connectivity index (χ4n) is 4.50. The maximum atomic E-state index is 12.9. The fraction of sp³-hybridized carbons (Fsp3) is 0.520. The Balaban J connectivity index is 1.70. The predicted octanol–water partition coefficient (Wildman–Crippen LogP) is -0.0977. The molecule has 0 unspecified atom stereocenters. The molecule has 0 aliphatic carbocycles. The molecule has 0 aromatic heterocycles. The van der Waals surface area contributed by atoms with Crippen LogP contribution in [-0.4, -0.2) is 94.8 Å². The summed E-state index contributed by atoms with van der Waals surface area (Å²) in [7, 11) is 1.18. The number of carbonyl (C=O) groups is 2. The fourth-order valence-corrected chi connectivity index (χ4v) is 4.50. The molecule has 0 spiro atoms. The van der Waals surface area contributed by atoms with E-state index in [4.69, 9.17) is 28.4 Å². The highest BCUT2D eigenvalue weighted by atomic mass is 16.8. The zero-order valence-corrected chi connectivity index (χ0v) is 20.6. The molecule has 4 rings (SSSR count). The molecular weight excluding hydrogens is 508 g/mol. The van der Waals surface area contributed by atoms with Crippen LogP contribution in [0.1, 0.15) is 25.0 Å². The zero-order chi connectivity index (χ0) is 27.6. The lowest BCUT2D eigenvalue weighted by Gasteiger charge is -2.42. The summed E-state index contributed by atoms with van der Waals surface area (Å²) in [5.74, 6) is -3.13. The molecule has 0 amide bonds. The lowest BCUT2D eigenvalue weighted by atomic mass is 9.86. The van der Waals surface area contributed by atoms with E-state index in [1.165, 1.54) is 25.3 Å². The van der Waals surface area contributed by atoms with Crippen LogP contribution in [-0.2, 0) is 38.0 Å². The number of phenolic OH excluding ortho intramolecular Hbond substituents is 2. The second-order valence-electron chi connectivity index (χ2n) is 8.98. The first kappa shape index (κ1) is 27.8. The third kappa shape index (κ3) is 5.62. The predicted molar refractivity (Wildman–Crippen MR) is 124 cm³/mol. The van der Waals surface area contributed by atoms with Crippen LogP contribution in [0.2, 0.25) is 0 Å². The van der Waals surface area contributed by atoms with E-state index in [9.17, 15) is 35.1 Å². The van der Waals surface area contributed by atoms with Gasteiger partial charge in [-0.05, 0) is 24.6 Å². The molecule has 3 heterocycles. The number of cyclic esters (lactones) is 1. The molecule has 1 aromatic carbocycles. The van der Waals surface area contributed by atoms with E-state index in [1.54, 1.807) is 13.0 Å². The van der Waals surface area contributed by atoms with Crippen molar-refractivity contribution in [3.05, 3.63) is 47.2 Å². The lowest BCUT2D eigenvalue weighted by molar-refractivity contribution is -0.330. The summed E-state index contributed by atoms with van der Waals surface area (Å²) in [6.45, 7) is 0.954. The first-order valence-electron chi connectivity index (χ1n) is 11.9. The third-order valence-electron chi connectivity index (χ3n) is 6.65. The number of carbonyl (C=O) groups excluding carboxylic acids is 2. The smallest absolute Gasteiger partial charge is 0.337 e. The van der Waals surface area contributed by atoms with E-state index in [0.29, 0.717) is 11.1 Å². The van der Waals surface area contributed by atoms with Crippen molar-refractivity contribution in [2.75, 3.05) is 20.3 Å². The van der Waals surface area contributed by atoms with Crippen LogP contribution in [0.25, 0.3) is 0 Å². The van der Waals surface area contributed by atoms with E-state index >= 15 is 0 Å². The Bertz CT molecular complexity index is 1100. The first-order valence-corrected chi connectivity index (χ1v) is 11.9. The molecule has 208 valence electrons. The normalized spacial score (nSPS) is 35.3. The van der Waals surface area contributed by atoms with Gasteiger partial charge >= 0.3 is 11.9 Å². The highest BCUT2D eigenvalue weighted by Crippen LogP contribution is 2.37. The number of aliphatic hydroxyl groups excluding tert-OH is 3. The topological polar surface area (TPSA) is 191 Å². The molecule has 4 bridgehead atoms. The van der Waals surface area contributed by atoms with Crippen LogP contribution in [0.15, 0.2) is 41.7 Å². The number of hydrogen-bond acceptors (Lipinski definition) is 13. The number of esters is 2. The molecule has 13 heteroatoms. The minimum Gasteiger partial charge on any atom is -0.504 e. The molecule has 38 heavy (non-hydrogen) atoms. The van der Waals surface area contributed by atoms with Crippen LogP contribution in [0.5, 0.6) is 11.5 Å². The van der Waals surface area contributed by atoms with Crippen LogP contribution in [0.3, 0.4) is 0 Å². The molecule has 2 saturated heterocycles. The van der Waals surface area contributed by atoms with Crippen LogP contribution in [0, 0.1) is 5.92 Å². The largest absolute Gasteiger partial charge is 0.504 e. The van der Waals surface area contributed by atoms with Gasteiger partial charge in [-0.3, -0.25) is 4.79 Å². The standard InChI is InChI=1S/C25H30O13/c1-3-12-13-7-19(28)35-9-17(11-4-5-15(26)16(27)6-11)34-10-18-20(29)21(30)22(31)25(37-18)38-24(12)36-8-14(13)23(32)33-2/h3-6,8,13,17-18,20-22,24-27,29-31H,7,9-10H2,1-2H3/b12-3+/t13-,17-,18+,20-,21-,22+,24-,25-/m0/s1. The van der Waals surface area contributed by atoms with E-state index in [1.807, 2.05) is 0 Å². The average molecular weight is 539 g/mol. The number of allylic oxidation sites excluding steroid dienone is 1. The molecule has 3 aliphatic rings. The Labute approximate surface area is 217 Å². The van der Waals surface area contributed by atoms with Crippen molar-refractivity contribution in [1.29, 1.82) is 0 Å². The van der Waals surface area contributed by atoms with Gasteiger partial charge in [0.1, 0.15) is 37.1 Å². The summed E-state index contributed by atoms with van der Waals surface area (Å²) in [4.78, 5) is 25.3. The van der Waals surface area contributed by atoms with Gasteiger partial charge in [-0.25, -0.2) is 4.79 Å². The van der Waals surface area contributed by atoms with Crippen molar-refractivity contribution in [3.63, 3.8) is 0 Å². The van der Waals surface area contributed by atoms with Gasteiger partial charge in [-0.15, -0.1) is 0 Å². The SMILES string of the molecule is C/C=C1/[C@H]2OC=C(C(=O)OC)[C@H]1CC(=O)OC[C@@H](c1ccc(O)c(O)c1)OC[C@H]1O[C@@H](O2)[C@H](O)[C@@H](O)[C@H]1O. The average Bonchev–Trinajstić information content (AvgIpc) is 2.90. The number of ether oxygens (including phenoxy) is 6. The highest BCUT2D eigenvalue weighted by molar-refractivity contribution is 5.90. The van der Waals surface area contributed by atoms with Crippen molar-refractivity contribution in [3.8, 4) is 11.5 Å². The van der Waals surface area contributed by atoms with E-state index < -0.39 is 66.7 Å². The van der Waals surface area contributed by atoms with Crippen LogP contribution in [0.4, 0.5) is 0 Å². The van der Waals surface area contributed by atoms with Gasteiger partial charge in [-0.1, -0.05) is 12.1 Å². The van der Waals surface area contributed by atoms with Gasteiger partial charge in [0.2, 0.25) is 6.29 Å². The van der Waals surface area contributed by atoms with Gasteiger partial charge < -0.3 is 54.0 Å². The van der Waals surface area contributed by atoms with E-state index in [0.717, 1.165) is 6.26 Å². The quantitative estimate of drug-likeness (QED) is 0.191. The molecule has 0 radical (unpaired) electrons. The molecule has 5 N–H and O–H groups in total. The molecule has 1 aromatic rings. The first-order chi connectivity index (χ1) is 18.1. The van der Waals surface area contributed by atoms with Crippen LogP contribution < -0.4 is 0 Å². The molecule has 3 aliphatic heterocycles. The zero-order valence-electron chi connectivity index (χ0n) is 20.6. The monoisotopic (exact) mass is 538 g/mol. The maximum absolute atomic E-state index is 12.9. The van der Waals surface area contributed by atoms with Crippen molar-refractivity contribution in [1.82, 2.24) is 0 Å². The van der Waals surface area contributed by atoms with Gasteiger partial charge in [0.05, 0.1) is 32.0 Å². The van der Waals surface area contributed by atoms with Gasteiger partial charge in [0.25, 0.3) is 0 Å². The minimum absolute atomic E-state index is 0.0270. The summed E-state index contributed by atoms with van der Waals surface area (Å²) in [5, 5.41) is 51.1. The second-order valence-corrected chi connectivity index (χ2v) is 8.98. The minimum atomic E-state index is -1.67. The van der Waals surface area contributed by atoms with Gasteiger partial charge in [-0.2, -0.15) is 0 Å². The Morgan fingerprint density at radius 1 is 1.05 bits per heavy atom. The maximum Gasteiger partial charge on any atom is 0.337 e. The van der Waals surface area contributed by atoms with E-state index in [2.05, 4.69) is 0 Å². The van der Waals surface area contributed by atoms with E-state index in [-0.39, 0.29) is 31.0 Å². The number of aliphatic hydroxyl groups is 3. The Kier molecular flexibility index (Phi) is 8.55. The summed E-state index contributed by atoms with van der Waals surface area (Å²) in [6, 6.07) is 3.89.